The highest BCUT2D eigenvalue weighted by Gasteiger charge is 2.25. The zero-order chi connectivity index (χ0) is 9.97. The predicted octanol–water partition coefficient (Wildman–Crippen LogP) is 1.92. The van der Waals surface area contributed by atoms with Crippen LogP contribution in [0.5, 0.6) is 0 Å². The lowest BCUT2D eigenvalue weighted by Gasteiger charge is -2.20. The second-order valence-corrected chi connectivity index (χ2v) is 3.85. The molecule has 1 atom stereocenters. The average molecular weight is 198 g/mol. The van der Waals surface area contributed by atoms with Crippen LogP contribution in [0.1, 0.15) is 24.1 Å². The molecule has 0 aromatic carbocycles. The fourth-order valence-electron chi connectivity index (χ4n) is 1.96. The minimum atomic E-state index is -0.246. The molecule has 1 fully saturated rings. The number of hydrogen-bond donors (Lipinski definition) is 0. The zero-order valence-electron chi connectivity index (χ0n) is 8.37. The normalized spacial score (nSPS) is 23.1. The number of halogens is 1. The smallest absolute Gasteiger partial charge is 0.128 e. The number of likely N-dealkylation sites (tertiary alicyclic amines) is 1. The van der Waals surface area contributed by atoms with Gasteiger partial charge in [-0.25, -0.2) is 4.39 Å². The van der Waals surface area contributed by atoms with Crippen LogP contribution < -0.4 is 0 Å². The first-order valence-electron chi connectivity index (χ1n) is 5.01. The van der Waals surface area contributed by atoms with Gasteiger partial charge < -0.3 is 4.52 Å². The van der Waals surface area contributed by atoms with Crippen LogP contribution in [0.15, 0.2) is 10.8 Å². The van der Waals surface area contributed by atoms with Crippen LogP contribution in [0.25, 0.3) is 0 Å². The quantitative estimate of drug-likeness (QED) is 0.743. The molecule has 1 unspecified atom stereocenters. The molecule has 0 N–H and O–H groups in total. The van der Waals surface area contributed by atoms with Gasteiger partial charge in [0.05, 0.1) is 5.69 Å². The highest BCUT2D eigenvalue weighted by atomic mass is 19.1. The summed E-state index contributed by atoms with van der Waals surface area (Å²) in [5, 5.41) is 3.81. The van der Waals surface area contributed by atoms with Gasteiger partial charge in [-0.1, -0.05) is 5.16 Å². The van der Waals surface area contributed by atoms with Crippen LogP contribution in [0.2, 0.25) is 0 Å². The van der Waals surface area contributed by atoms with Crippen molar-refractivity contribution in [2.45, 2.75) is 32.4 Å². The summed E-state index contributed by atoms with van der Waals surface area (Å²) in [5.74, 6) is 0. The Morgan fingerprint density at radius 2 is 2.57 bits per heavy atom. The predicted molar refractivity (Wildman–Crippen MR) is 50.6 cm³/mol. The lowest BCUT2D eigenvalue weighted by atomic mass is 10.2. The summed E-state index contributed by atoms with van der Waals surface area (Å²) in [7, 11) is 0. The van der Waals surface area contributed by atoms with Gasteiger partial charge in [-0.2, -0.15) is 0 Å². The van der Waals surface area contributed by atoms with Gasteiger partial charge in [0, 0.05) is 18.2 Å². The van der Waals surface area contributed by atoms with E-state index in [0.717, 1.165) is 37.2 Å². The highest BCUT2D eigenvalue weighted by Crippen LogP contribution is 2.21. The van der Waals surface area contributed by atoms with E-state index in [9.17, 15) is 4.39 Å². The number of aryl methyl sites for hydroxylation is 1. The Morgan fingerprint density at radius 3 is 3.21 bits per heavy atom. The molecule has 0 spiro atoms. The summed E-state index contributed by atoms with van der Waals surface area (Å²) >= 11 is 0. The maximum absolute atomic E-state index is 12.6. The van der Waals surface area contributed by atoms with E-state index in [0.29, 0.717) is 0 Å². The monoisotopic (exact) mass is 198 g/mol. The summed E-state index contributed by atoms with van der Waals surface area (Å²) in [6.45, 7) is 3.42. The third-order valence-electron chi connectivity index (χ3n) is 2.90. The molecule has 0 saturated carbocycles. The average Bonchev–Trinajstić information content (AvgIpc) is 2.77. The molecule has 4 heteroatoms. The molecule has 3 nitrogen and oxygen atoms in total. The van der Waals surface area contributed by atoms with E-state index in [-0.39, 0.29) is 12.7 Å². The van der Waals surface area contributed by atoms with Gasteiger partial charge in [0.1, 0.15) is 12.9 Å². The van der Waals surface area contributed by atoms with Gasteiger partial charge >= 0.3 is 0 Å². The zero-order valence-corrected chi connectivity index (χ0v) is 8.37. The fraction of sp³-hybridized carbons (Fsp3) is 0.700. The second-order valence-electron chi connectivity index (χ2n) is 3.85. The maximum atomic E-state index is 12.6. The Bertz CT molecular complexity index is 300. The molecule has 0 radical (unpaired) electrons. The van der Waals surface area contributed by atoms with E-state index in [4.69, 9.17) is 4.52 Å². The third-order valence-corrected chi connectivity index (χ3v) is 2.90. The lowest BCUT2D eigenvalue weighted by molar-refractivity contribution is 0.206. The number of rotatable bonds is 3. The van der Waals surface area contributed by atoms with Crippen molar-refractivity contribution in [3.05, 3.63) is 17.5 Å². The molecule has 14 heavy (non-hydrogen) atoms. The van der Waals surface area contributed by atoms with Crippen molar-refractivity contribution in [1.29, 1.82) is 0 Å². The molecule has 0 bridgehead atoms. The van der Waals surface area contributed by atoms with Gasteiger partial charge in [-0.05, 0) is 26.3 Å². The number of aromatic nitrogens is 1. The first kappa shape index (κ1) is 9.65. The number of nitrogens with zero attached hydrogens (tertiary/aromatic N) is 2. The Kier molecular flexibility index (Phi) is 2.82. The molecule has 1 saturated heterocycles. The van der Waals surface area contributed by atoms with Gasteiger partial charge in [0.15, 0.2) is 0 Å². The molecule has 2 heterocycles. The van der Waals surface area contributed by atoms with Crippen molar-refractivity contribution in [3.63, 3.8) is 0 Å². The highest BCUT2D eigenvalue weighted by molar-refractivity contribution is 5.12. The molecule has 1 aromatic heterocycles. The van der Waals surface area contributed by atoms with Crippen LogP contribution in [-0.2, 0) is 6.54 Å². The SMILES string of the molecule is Cc1nocc1CN1CCCC1CF. The molecule has 1 aliphatic rings. The summed E-state index contributed by atoms with van der Waals surface area (Å²) in [6.07, 6.45) is 3.72. The summed E-state index contributed by atoms with van der Waals surface area (Å²) in [6, 6.07) is 0.101. The van der Waals surface area contributed by atoms with Crippen molar-refractivity contribution >= 4 is 0 Å². The molecular formula is C10H15FN2O. The van der Waals surface area contributed by atoms with Crippen LogP contribution in [0.3, 0.4) is 0 Å². The number of hydrogen-bond acceptors (Lipinski definition) is 3. The van der Waals surface area contributed by atoms with Crippen molar-refractivity contribution in [3.8, 4) is 0 Å². The lowest BCUT2D eigenvalue weighted by Crippen LogP contribution is -2.30. The van der Waals surface area contributed by atoms with Crippen LogP contribution in [-0.4, -0.2) is 29.3 Å². The molecular weight excluding hydrogens is 183 g/mol. The van der Waals surface area contributed by atoms with E-state index in [1.54, 1.807) is 6.26 Å². The van der Waals surface area contributed by atoms with Crippen LogP contribution in [0, 0.1) is 6.92 Å². The van der Waals surface area contributed by atoms with Gasteiger partial charge in [0.2, 0.25) is 0 Å². The van der Waals surface area contributed by atoms with Crippen molar-refractivity contribution in [2.75, 3.05) is 13.2 Å². The van der Waals surface area contributed by atoms with Crippen molar-refractivity contribution in [2.24, 2.45) is 0 Å². The summed E-state index contributed by atoms with van der Waals surface area (Å²) in [4.78, 5) is 2.17. The van der Waals surface area contributed by atoms with Crippen molar-refractivity contribution in [1.82, 2.24) is 10.1 Å². The molecule has 2 rings (SSSR count). The maximum Gasteiger partial charge on any atom is 0.128 e. The summed E-state index contributed by atoms with van der Waals surface area (Å²) in [5.41, 5.74) is 1.99. The standard InChI is InChI=1S/C10H15FN2O/c1-8-9(7-14-12-8)6-13-4-2-3-10(13)5-11/h7,10H,2-6H2,1H3. The van der Waals surface area contributed by atoms with Gasteiger partial charge in [0.25, 0.3) is 0 Å². The first-order valence-corrected chi connectivity index (χ1v) is 5.01. The molecule has 1 aromatic rings. The van der Waals surface area contributed by atoms with Crippen molar-refractivity contribution < 1.29 is 8.91 Å². The Balaban J connectivity index is 2.00. The van der Waals surface area contributed by atoms with E-state index in [1.807, 2.05) is 6.92 Å². The Morgan fingerprint density at radius 1 is 1.71 bits per heavy atom. The molecule has 0 aliphatic carbocycles. The fourth-order valence-corrected chi connectivity index (χ4v) is 1.96. The molecule has 1 aliphatic heterocycles. The Labute approximate surface area is 82.9 Å². The van der Waals surface area contributed by atoms with E-state index < -0.39 is 0 Å². The molecule has 0 amide bonds. The van der Waals surface area contributed by atoms with Gasteiger partial charge in [-0.15, -0.1) is 0 Å². The topological polar surface area (TPSA) is 29.3 Å². The van der Waals surface area contributed by atoms with E-state index >= 15 is 0 Å². The third kappa shape index (κ3) is 1.80. The summed E-state index contributed by atoms with van der Waals surface area (Å²) < 4.78 is 17.5. The molecule has 78 valence electrons. The van der Waals surface area contributed by atoms with Crippen LogP contribution >= 0.6 is 0 Å². The number of alkyl halides is 1. The van der Waals surface area contributed by atoms with E-state index in [1.165, 1.54) is 0 Å². The van der Waals surface area contributed by atoms with Crippen LogP contribution in [0.4, 0.5) is 4.39 Å². The van der Waals surface area contributed by atoms with Gasteiger partial charge in [-0.3, -0.25) is 4.90 Å². The minimum absolute atomic E-state index is 0.101. The second kappa shape index (κ2) is 4.09. The van der Waals surface area contributed by atoms with E-state index in [2.05, 4.69) is 10.1 Å². The minimum Gasteiger partial charge on any atom is -0.364 e. The Hall–Kier alpha value is -0.900. The first-order chi connectivity index (χ1) is 6.81. The largest absolute Gasteiger partial charge is 0.364 e.